The standard InChI is InChI=1S/C10H13F2NO4/c1-2-3-17-9(16)13-7(8(14)15)4-6-5-10(6,11)12/h2,6-7H,1,3-5H2,(H,13,16)(H,14,15)/t6?,7-/m0/s1. The zero-order valence-corrected chi connectivity index (χ0v) is 8.99. The minimum Gasteiger partial charge on any atom is -0.480 e. The lowest BCUT2D eigenvalue weighted by Crippen LogP contribution is -2.41. The minimum absolute atomic E-state index is 0.0717. The third kappa shape index (κ3) is 4.01. The van der Waals surface area contributed by atoms with E-state index in [1.807, 2.05) is 5.32 Å². The smallest absolute Gasteiger partial charge is 0.408 e. The fraction of sp³-hybridized carbons (Fsp3) is 0.600. The van der Waals surface area contributed by atoms with Crippen LogP contribution in [0.5, 0.6) is 0 Å². The van der Waals surface area contributed by atoms with E-state index in [2.05, 4.69) is 11.3 Å². The average Bonchev–Trinajstić information content (AvgIpc) is 2.82. The Labute approximate surface area is 96.4 Å². The van der Waals surface area contributed by atoms with Crippen molar-refractivity contribution in [2.75, 3.05) is 6.61 Å². The number of rotatable bonds is 6. The quantitative estimate of drug-likeness (QED) is 0.697. The number of aliphatic carboxylic acids is 1. The summed E-state index contributed by atoms with van der Waals surface area (Å²) in [6.45, 7) is 3.23. The van der Waals surface area contributed by atoms with E-state index in [-0.39, 0.29) is 19.4 Å². The Bertz CT molecular complexity index is 332. The van der Waals surface area contributed by atoms with Gasteiger partial charge in [0.1, 0.15) is 12.6 Å². The van der Waals surface area contributed by atoms with Gasteiger partial charge >= 0.3 is 12.1 Å². The summed E-state index contributed by atoms with van der Waals surface area (Å²) in [5.74, 6) is -5.15. The molecule has 0 bridgehead atoms. The molecular weight excluding hydrogens is 236 g/mol. The number of halogens is 2. The zero-order valence-electron chi connectivity index (χ0n) is 8.99. The number of amides is 1. The molecule has 1 aliphatic carbocycles. The third-order valence-corrected chi connectivity index (χ3v) is 2.40. The SMILES string of the molecule is C=CCOC(=O)N[C@@H](CC1CC1(F)F)C(=O)O. The number of carboxylic acid groups (broad SMARTS) is 1. The van der Waals surface area contributed by atoms with Crippen molar-refractivity contribution in [2.45, 2.75) is 24.8 Å². The van der Waals surface area contributed by atoms with Gasteiger partial charge in [-0.25, -0.2) is 18.4 Å². The number of carbonyl (C=O) groups is 2. The van der Waals surface area contributed by atoms with Gasteiger partial charge in [0.2, 0.25) is 0 Å². The number of hydrogen-bond acceptors (Lipinski definition) is 3. The van der Waals surface area contributed by atoms with Crippen LogP contribution in [0.15, 0.2) is 12.7 Å². The Morgan fingerprint density at radius 2 is 2.24 bits per heavy atom. The Hall–Kier alpha value is -1.66. The number of nitrogens with one attached hydrogen (secondary N) is 1. The van der Waals surface area contributed by atoms with E-state index in [0.717, 1.165) is 0 Å². The van der Waals surface area contributed by atoms with E-state index in [1.165, 1.54) is 6.08 Å². The fourth-order valence-corrected chi connectivity index (χ4v) is 1.35. The molecule has 0 aromatic heterocycles. The molecule has 5 nitrogen and oxygen atoms in total. The second kappa shape index (κ2) is 5.11. The first-order valence-corrected chi connectivity index (χ1v) is 5.01. The van der Waals surface area contributed by atoms with Crippen LogP contribution in [-0.4, -0.2) is 35.7 Å². The summed E-state index contributed by atoms with van der Waals surface area (Å²) in [4.78, 5) is 21.8. The zero-order chi connectivity index (χ0) is 13.1. The van der Waals surface area contributed by atoms with Crippen LogP contribution in [0.1, 0.15) is 12.8 Å². The van der Waals surface area contributed by atoms with Crippen molar-refractivity contribution < 1.29 is 28.2 Å². The summed E-state index contributed by atoms with van der Waals surface area (Å²) in [6, 6.07) is -1.36. The summed E-state index contributed by atoms with van der Waals surface area (Å²) in [7, 11) is 0. The van der Waals surface area contributed by atoms with Crippen molar-refractivity contribution in [3.63, 3.8) is 0 Å². The predicted octanol–water partition coefficient (Wildman–Crippen LogP) is 1.40. The lowest BCUT2D eigenvalue weighted by Gasteiger charge is -2.13. The van der Waals surface area contributed by atoms with Crippen LogP contribution in [-0.2, 0) is 9.53 Å². The summed E-state index contributed by atoms with van der Waals surface area (Å²) >= 11 is 0. The molecule has 7 heteroatoms. The highest BCUT2D eigenvalue weighted by Gasteiger charge is 2.57. The Balaban J connectivity index is 2.41. The third-order valence-electron chi connectivity index (χ3n) is 2.40. The summed E-state index contributed by atoms with van der Waals surface area (Å²) in [6.07, 6.45) is -0.280. The molecule has 1 aliphatic rings. The number of carboxylic acids is 1. The van der Waals surface area contributed by atoms with E-state index in [0.29, 0.717) is 0 Å². The van der Waals surface area contributed by atoms with E-state index >= 15 is 0 Å². The molecule has 1 rings (SSSR count). The number of hydrogen-bond donors (Lipinski definition) is 2. The van der Waals surface area contributed by atoms with Crippen LogP contribution in [0.2, 0.25) is 0 Å². The van der Waals surface area contributed by atoms with E-state index in [4.69, 9.17) is 5.11 Å². The number of alkyl carbamates (subject to hydrolysis) is 1. The normalized spacial score (nSPS) is 22.4. The van der Waals surface area contributed by atoms with Gasteiger partial charge < -0.3 is 15.2 Å². The van der Waals surface area contributed by atoms with Crippen molar-refractivity contribution in [1.82, 2.24) is 5.32 Å². The highest BCUT2D eigenvalue weighted by atomic mass is 19.3. The van der Waals surface area contributed by atoms with Gasteiger partial charge in [-0.1, -0.05) is 12.7 Å². The molecule has 0 heterocycles. The van der Waals surface area contributed by atoms with Crippen LogP contribution in [0.4, 0.5) is 13.6 Å². The van der Waals surface area contributed by atoms with Crippen LogP contribution in [0, 0.1) is 5.92 Å². The fourth-order valence-electron chi connectivity index (χ4n) is 1.35. The van der Waals surface area contributed by atoms with E-state index in [1.54, 1.807) is 0 Å². The van der Waals surface area contributed by atoms with Gasteiger partial charge in [0.05, 0.1) is 0 Å². The number of ether oxygens (including phenoxy) is 1. The molecule has 0 aromatic rings. The Morgan fingerprint density at radius 3 is 2.65 bits per heavy atom. The molecule has 96 valence electrons. The van der Waals surface area contributed by atoms with Crippen molar-refractivity contribution in [3.05, 3.63) is 12.7 Å². The lowest BCUT2D eigenvalue weighted by molar-refractivity contribution is -0.139. The van der Waals surface area contributed by atoms with Gasteiger partial charge in [0.25, 0.3) is 5.92 Å². The molecule has 2 N–H and O–H groups in total. The van der Waals surface area contributed by atoms with Crippen molar-refractivity contribution in [3.8, 4) is 0 Å². The van der Waals surface area contributed by atoms with Gasteiger partial charge in [-0.3, -0.25) is 0 Å². The minimum atomic E-state index is -2.81. The average molecular weight is 249 g/mol. The largest absolute Gasteiger partial charge is 0.480 e. The first-order valence-electron chi connectivity index (χ1n) is 5.01. The van der Waals surface area contributed by atoms with Crippen molar-refractivity contribution >= 4 is 12.1 Å². The van der Waals surface area contributed by atoms with Crippen molar-refractivity contribution in [2.24, 2.45) is 5.92 Å². The Kier molecular flexibility index (Phi) is 4.03. The van der Waals surface area contributed by atoms with Crippen molar-refractivity contribution in [1.29, 1.82) is 0 Å². The maximum Gasteiger partial charge on any atom is 0.408 e. The molecule has 0 aromatic carbocycles. The van der Waals surface area contributed by atoms with E-state index < -0.39 is 29.9 Å². The van der Waals surface area contributed by atoms with Gasteiger partial charge in [0, 0.05) is 12.3 Å². The highest BCUT2D eigenvalue weighted by Crippen LogP contribution is 2.51. The monoisotopic (exact) mass is 249 g/mol. The summed E-state index contributed by atoms with van der Waals surface area (Å²) in [5.41, 5.74) is 0. The molecule has 2 atom stereocenters. The Morgan fingerprint density at radius 1 is 1.65 bits per heavy atom. The first-order chi connectivity index (χ1) is 7.86. The molecule has 1 fully saturated rings. The van der Waals surface area contributed by atoms with Gasteiger partial charge in [-0.05, 0) is 6.42 Å². The molecule has 0 aliphatic heterocycles. The van der Waals surface area contributed by atoms with Gasteiger partial charge in [-0.2, -0.15) is 0 Å². The second-order valence-electron chi connectivity index (χ2n) is 3.82. The molecule has 0 radical (unpaired) electrons. The molecule has 17 heavy (non-hydrogen) atoms. The van der Waals surface area contributed by atoms with Gasteiger partial charge in [0.15, 0.2) is 0 Å². The van der Waals surface area contributed by atoms with Crippen LogP contribution >= 0.6 is 0 Å². The van der Waals surface area contributed by atoms with E-state index in [9.17, 15) is 18.4 Å². The molecule has 0 saturated heterocycles. The predicted molar refractivity (Wildman–Crippen MR) is 53.8 cm³/mol. The molecule has 0 spiro atoms. The molecule has 1 amide bonds. The molecular formula is C10H13F2NO4. The number of alkyl halides is 2. The maximum absolute atomic E-state index is 12.6. The molecule has 1 saturated carbocycles. The topological polar surface area (TPSA) is 75.6 Å². The first kappa shape index (κ1) is 13.4. The lowest BCUT2D eigenvalue weighted by atomic mass is 10.1. The summed E-state index contributed by atoms with van der Waals surface area (Å²) in [5, 5.41) is 10.8. The second-order valence-corrected chi connectivity index (χ2v) is 3.82. The summed E-state index contributed by atoms with van der Waals surface area (Å²) < 4.78 is 29.7. The number of carbonyl (C=O) groups excluding carboxylic acids is 1. The van der Waals surface area contributed by atoms with Gasteiger partial charge in [-0.15, -0.1) is 0 Å². The highest BCUT2D eigenvalue weighted by molar-refractivity contribution is 5.79. The maximum atomic E-state index is 12.6. The van der Waals surface area contributed by atoms with Crippen LogP contribution in [0.25, 0.3) is 0 Å². The van der Waals surface area contributed by atoms with Crippen LogP contribution in [0.3, 0.4) is 0 Å². The van der Waals surface area contributed by atoms with Crippen LogP contribution < -0.4 is 5.32 Å². The molecule has 1 unspecified atom stereocenters.